The summed E-state index contributed by atoms with van der Waals surface area (Å²) in [5.74, 6) is 0.305. The van der Waals surface area contributed by atoms with E-state index in [0.717, 1.165) is 56.1 Å². The van der Waals surface area contributed by atoms with Crippen molar-refractivity contribution in [3.8, 4) is 22.6 Å². The van der Waals surface area contributed by atoms with Crippen LogP contribution in [0.3, 0.4) is 0 Å². The number of nitrogens with zero attached hydrogens (tertiary/aromatic N) is 3. The van der Waals surface area contributed by atoms with Crippen LogP contribution >= 0.6 is 0 Å². The molecule has 0 fully saturated rings. The summed E-state index contributed by atoms with van der Waals surface area (Å²) in [7, 11) is -1.49. The maximum atomic E-state index is 13.0. The molecule has 11 heteroatoms. The van der Waals surface area contributed by atoms with Crippen molar-refractivity contribution in [1.82, 2.24) is 14.3 Å². The molecule has 1 N–H and O–H groups in total. The van der Waals surface area contributed by atoms with E-state index < -0.39 is 15.8 Å². The van der Waals surface area contributed by atoms with Gasteiger partial charge in [0.1, 0.15) is 29.5 Å². The van der Waals surface area contributed by atoms with Crippen LogP contribution in [0.1, 0.15) is 33.9 Å². The van der Waals surface area contributed by atoms with E-state index in [1.807, 2.05) is 72.3 Å². The van der Waals surface area contributed by atoms with Crippen LogP contribution in [-0.2, 0) is 47.8 Å². The van der Waals surface area contributed by atoms with E-state index in [1.165, 1.54) is 12.1 Å². The lowest BCUT2D eigenvalue weighted by Gasteiger charge is -2.13. The first-order valence-corrected chi connectivity index (χ1v) is 18.3. The van der Waals surface area contributed by atoms with Gasteiger partial charge in [-0.15, -0.1) is 0 Å². The van der Waals surface area contributed by atoms with E-state index in [0.29, 0.717) is 44.0 Å². The molecule has 0 atom stereocenters. The molecule has 0 bridgehead atoms. The van der Waals surface area contributed by atoms with Crippen molar-refractivity contribution in [3.63, 3.8) is 0 Å². The van der Waals surface area contributed by atoms with Crippen LogP contribution in [0.15, 0.2) is 102 Å². The Kier molecular flexibility index (Phi) is 9.18. The highest BCUT2D eigenvalue weighted by Crippen LogP contribution is 2.39. The van der Waals surface area contributed by atoms with E-state index in [4.69, 9.17) is 19.3 Å². The minimum absolute atomic E-state index is 0.0981. The van der Waals surface area contributed by atoms with Crippen molar-refractivity contribution in [1.29, 1.82) is 0 Å². The van der Waals surface area contributed by atoms with E-state index in [-0.39, 0.29) is 23.8 Å². The zero-order valence-corrected chi connectivity index (χ0v) is 28.7. The highest BCUT2D eigenvalue weighted by Gasteiger charge is 2.27. The Labute approximate surface area is 290 Å². The molecule has 3 heterocycles. The molecule has 4 aromatic carbocycles. The normalized spacial score (nSPS) is 13.2. The Morgan fingerprint density at radius 2 is 1.70 bits per heavy atom. The predicted molar refractivity (Wildman–Crippen MR) is 192 cm³/mol. The maximum absolute atomic E-state index is 13.0. The number of benzene rings is 4. The van der Waals surface area contributed by atoms with Crippen LogP contribution in [0, 0.1) is 0 Å². The highest BCUT2D eigenvalue weighted by molar-refractivity contribution is 7.90. The molecule has 6 aromatic rings. The molecule has 0 aliphatic carbocycles. The Hall–Kier alpha value is -5.39. The Morgan fingerprint density at radius 1 is 0.940 bits per heavy atom. The zero-order chi connectivity index (χ0) is 34.8. The first-order valence-electron chi connectivity index (χ1n) is 16.4. The quantitative estimate of drug-likeness (QED) is 0.121. The monoisotopic (exact) mass is 691 g/mol. The number of sulfone groups is 1. The zero-order valence-electron chi connectivity index (χ0n) is 27.8. The Bertz CT molecular complexity index is 2350. The van der Waals surface area contributed by atoms with Crippen molar-refractivity contribution in [2.75, 3.05) is 19.5 Å². The standard InChI is InChI=1S/C39H37N3O7S/c1-41-34-25-47-22-6-5-21-42-37-30(31(38(42)39(43)44)15-9-23-48-35-16-7-11-26-10-3-4-12-29(26)35)13-8-14-32(37)36(34)33(40-41)24-49-27-17-19-28(20-18-27)50(2,45)46/h3-8,10-14,16-20H,9,15,21-25H2,1-2H3,(H,43,44). The molecule has 50 heavy (non-hydrogen) atoms. The molecule has 2 aromatic heterocycles. The Morgan fingerprint density at radius 3 is 2.50 bits per heavy atom. The molecule has 0 saturated carbocycles. The van der Waals surface area contributed by atoms with Gasteiger partial charge in [0.25, 0.3) is 0 Å². The molecule has 0 amide bonds. The second kappa shape index (κ2) is 13.9. The molecule has 0 radical (unpaired) electrons. The van der Waals surface area contributed by atoms with Gasteiger partial charge < -0.3 is 23.9 Å². The summed E-state index contributed by atoms with van der Waals surface area (Å²) in [4.78, 5) is 13.2. The Balaban J connectivity index is 1.26. The number of rotatable bonds is 10. The van der Waals surface area contributed by atoms with Crippen LogP contribution in [0.25, 0.3) is 32.8 Å². The number of ether oxygens (including phenoxy) is 3. The second-order valence-corrected chi connectivity index (χ2v) is 14.3. The van der Waals surface area contributed by atoms with Gasteiger partial charge >= 0.3 is 5.97 Å². The second-order valence-electron chi connectivity index (χ2n) is 12.3. The molecule has 0 unspecified atom stereocenters. The lowest BCUT2D eigenvalue weighted by atomic mass is 9.98. The van der Waals surface area contributed by atoms with Gasteiger partial charge in [0.15, 0.2) is 9.84 Å². The lowest BCUT2D eigenvalue weighted by Crippen LogP contribution is -2.11. The van der Waals surface area contributed by atoms with Crippen molar-refractivity contribution in [2.24, 2.45) is 7.05 Å². The fourth-order valence-electron chi connectivity index (χ4n) is 6.72. The molecular weight excluding hydrogens is 655 g/mol. The van der Waals surface area contributed by atoms with E-state index >= 15 is 0 Å². The first-order chi connectivity index (χ1) is 24.2. The van der Waals surface area contributed by atoms with Crippen LogP contribution in [0.2, 0.25) is 0 Å². The van der Waals surface area contributed by atoms with Gasteiger partial charge in [0.2, 0.25) is 0 Å². The van der Waals surface area contributed by atoms with Gasteiger partial charge in [-0.3, -0.25) is 4.68 Å². The highest BCUT2D eigenvalue weighted by atomic mass is 32.2. The number of allylic oxidation sites excluding steroid dienone is 1. The van der Waals surface area contributed by atoms with E-state index in [2.05, 4.69) is 12.1 Å². The number of carboxylic acids is 1. The summed E-state index contributed by atoms with van der Waals surface area (Å²) >= 11 is 0. The van der Waals surface area contributed by atoms with Gasteiger partial charge in [-0.05, 0) is 54.1 Å². The number of para-hydroxylation sites is 1. The lowest BCUT2D eigenvalue weighted by molar-refractivity contribution is 0.0685. The summed E-state index contributed by atoms with van der Waals surface area (Å²) in [6.45, 7) is 1.51. The average molecular weight is 692 g/mol. The smallest absolute Gasteiger partial charge is 0.352 e. The molecule has 1 aliphatic rings. The number of aryl methyl sites for hydroxylation is 2. The van der Waals surface area contributed by atoms with Crippen molar-refractivity contribution in [2.45, 2.75) is 37.5 Å². The predicted octanol–water partition coefficient (Wildman–Crippen LogP) is 6.97. The fraction of sp³-hybridized carbons (Fsp3) is 0.231. The van der Waals surface area contributed by atoms with E-state index in [9.17, 15) is 18.3 Å². The molecule has 7 rings (SSSR count). The number of hydrogen-bond acceptors (Lipinski definition) is 7. The maximum Gasteiger partial charge on any atom is 0.352 e. The van der Waals surface area contributed by atoms with Crippen molar-refractivity contribution in [3.05, 3.63) is 120 Å². The van der Waals surface area contributed by atoms with Gasteiger partial charge in [0.05, 0.1) is 35.9 Å². The summed E-state index contributed by atoms with van der Waals surface area (Å²) < 4.78 is 45.9. The first kappa shape index (κ1) is 33.1. The SMILES string of the molecule is Cn1nc(COc2ccc(S(C)(=O)=O)cc2)c2c1COCC=CCn1c(C(=O)O)c(CCCOc3cccc4ccccc34)c3cccc-2c31. The molecule has 256 valence electrons. The topological polar surface area (TPSA) is 122 Å². The largest absolute Gasteiger partial charge is 0.493 e. The number of aromatic carboxylic acids is 1. The van der Waals surface area contributed by atoms with Crippen LogP contribution in [0.5, 0.6) is 11.5 Å². The van der Waals surface area contributed by atoms with E-state index in [1.54, 1.807) is 16.8 Å². The van der Waals surface area contributed by atoms with Gasteiger partial charge in [0, 0.05) is 41.7 Å². The number of carboxylic acid groups (broad SMARTS) is 1. The molecule has 0 saturated heterocycles. The minimum atomic E-state index is -3.34. The average Bonchev–Trinajstić information content (AvgIpc) is 3.59. The number of aromatic nitrogens is 3. The van der Waals surface area contributed by atoms with Gasteiger partial charge in [-0.25, -0.2) is 13.2 Å². The summed E-state index contributed by atoms with van der Waals surface area (Å²) in [6, 6.07) is 26.3. The molecule has 10 nitrogen and oxygen atoms in total. The van der Waals surface area contributed by atoms with Crippen LogP contribution in [0.4, 0.5) is 0 Å². The van der Waals surface area contributed by atoms with Crippen LogP contribution < -0.4 is 9.47 Å². The van der Waals surface area contributed by atoms with Crippen molar-refractivity contribution < 1.29 is 32.5 Å². The third-order valence-electron chi connectivity index (χ3n) is 9.01. The molecular formula is C39H37N3O7S. The number of hydrogen-bond donors (Lipinski definition) is 1. The van der Waals surface area contributed by atoms with Gasteiger partial charge in [-0.1, -0.05) is 66.7 Å². The minimum Gasteiger partial charge on any atom is -0.493 e. The number of carbonyl (C=O) groups is 1. The summed E-state index contributed by atoms with van der Waals surface area (Å²) in [5, 5.41) is 18.5. The third kappa shape index (κ3) is 6.49. The summed E-state index contributed by atoms with van der Waals surface area (Å²) in [5.41, 5.74) is 4.92. The van der Waals surface area contributed by atoms with Gasteiger partial charge in [-0.2, -0.15) is 5.10 Å². The molecule has 0 spiro atoms. The van der Waals surface area contributed by atoms with Crippen LogP contribution in [-0.4, -0.2) is 53.3 Å². The van der Waals surface area contributed by atoms with Crippen molar-refractivity contribution >= 4 is 37.5 Å². The fourth-order valence-corrected chi connectivity index (χ4v) is 7.35. The third-order valence-corrected chi connectivity index (χ3v) is 10.1. The molecule has 1 aliphatic heterocycles. The number of fused-ring (bicyclic) bond motifs is 3. The summed E-state index contributed by atoms with van der Waals surface area (Å²) in [6.07, 6.45) is 6.13.